The van der Waals surface area contributed by atoms with Crippen molar-refractivity contribution in [3.8, 4) is 5.75 Å². The molecule has 2 aromatic carbocycles. The quantitative estimate of drug-likeness (QED) is 0.648. The highest BCUT2D eigenvalue weighted by atomic mass is 35.5. The average molecular weight is 465 g/mol. The molecule has 1 N–H and O–H groups in total. The first-order chi connectivity index (χ1) is 14.8. The van der Waals surface area contributed by atoms with Gasteiger partial charge in [0, 0.05) is 25.2 Å². The lowest BCUT2D eigenvalue weighted by atomic mass is 10.2. The average Bonchev–Trinajstić information content (AvgIpc) is 3.03. The molecule has 0 aliphatic carbocycles. The zero-order valence-corrected chi connectivity index (χ0v) is 19.5. The molecule has 1 fully saturated rings. The van der Waals surface area contributed by atoms with Gasteiger partial charge in [-0.3, -0.25) is 4.79 Å². The third-order valence-electron chi connectivity index (χ3n) is 5.12. The number of benzene rings is 2. The maximum Gasteiger partial charge on any atom is 0.251 e. The van der Waals surface area contributed by atoms with Gasteiger partial charge in [-0.1, -0.05) is 36.6 Å². The summed E-state index contributed by atoms with van der Waals surface area (Å²) in [6.07, 6.45) is 3.80. The number of ether oxygens (including phenoxy) is 1. The molecule has 1 aliphatic rings. The Morgan fingerprint density at radius 2 is 1.71 bits per heavy atom. The summed E-state index contributed by atoms with van der Waals surface area (Å²) in [5, 5.41) is 2.96. The van der Waals surface area contributed by atoms with Gasteiger partial charge in [-0.05, 0) is 62.6 Å². The van der Waals surface area contributed by atoms with E-state index in [4.69, 9.17) is 16.3 Å². The van der Waals surface area contributed by atoms with Crippen LogP contribution >= 0.6 is 11.6 Å². The summed E-state index contributed by atoms with van der Waals surface area (Å²) < 4.78 is 33.3. The predicted molar refractivity (Wildman–Crippen MR) is 122 cm³/mol. The highest BCUT2D eigenvalue weighted by Gasteiger charge is 2.28. The summed E-state index contributed by atoms with van der Waals surface area (Å²) in [5.41, 5.74) is 1.17. The van der Waals surface area contributed by atoms with Crippen LogP contribution in [0.25, 0.3) is 0 Å². The van der Waals surface area contributed by atoms with Crippen LogP contribution in [0.3, 0.4) is 0 Å². The Morgan fingerprint density at radius 3 is 2.32 bits per heavy atom. The maximum atomic E-state index is 13.1. The van der Waals surface area contributed by atoms with Gasteiger partial charge in [-0.15, -0.1) is 0 Å². The minimum Gasteiger partial charge on any atom is -0.491 e. The third-order valence-corrected chi connectivity index (χ3v) is 7.50. The number of hydrogen-bond acceptors (Lipinski definition) is 4. The molecule has 3 rings (SSSR count). The highest BCUT2D eigenvalue weighted by molar-refractivity contribution is 7.89. The molecule has 0 radical (unpaired) electrons. The minimum absolute atomic E-state index is 0.0149. The monoisotopic (exact) mass is 464 g/mol. The van der Waals surface area contributed by atoms with E-state index in [1.807, 2.05) is 38.1 Å². The molecule has 0 bridgehead atoms. The van der Waals surface area contributed by atoms with Crippen LogP contribution in [0.1, 0.15) is 55.5 Å². The molecule has 0 unspecified atom stereocenters. The number of nitrogens with zero attached hydrogens (tertiary/aromatic N) is 1. The van der Waals surface area contributed by atoms with Crippen molar-refractivity contribution < 1.29 is 17.9 Å². The normalized spacial score (nSPS) is 15.5. The molecule has 2 aromatic rings. The molecular weight excluding hydrogens is 436 g/mol. The van der Waals surface area contributed by atoms with Crippen molar-refractivity contribution in [3.05, 3.63) is 58.6 Å². The van der Waals surface area contributed by atoms with Crippen molar-refractivity contribution >= 4 is 27.5 Å². The lowest BCUT2D eigenvalue weighted by Gasteiger charge is -2.21. The van der Waals surface area contributed by atoms with Crippen molar-refractivity contribution in [2.45, 2.75) is 57.1 Å². The van der Waals surface area contributed by atoms with E-state index in [0.29, 0.717) is 19.6 Å². The lowest BCUT2D eigenvalue weighted by molar-refractivity contribution is 0.0950. The van der Waals surface area contributed by atoms with Crippen LogP contribution < -0.4 is 10.1 Å². The summed E-state index contributed by atoms with van der Waals surface area (Å²) in [7, 11) is -3.75. The Balaban J connectivity index is 1.71. The molecule has 8 heteroatoms. The summed E-state index contributed by atoms with van der Waals surface area (Å²) in [6, 6.07) is 11.9. The van der Waals surface area contributed by atoms with E-state index in [-0.39, 0.29) is 27.5 Å². The molecule has 0 saturated carbocycles. The van der Waals surface area contributed by atoms with Crippen molar-refractivity contribution in [1.82, 2.24) is 9.62 Å². The molecule has 0 atom stereocenters. The fraction of sp³-hybridized carbons (Fsp3) is 0.435. The Labute approximate surface area is 189 Å². The van der Waals surface area contributed by atoms with Gasteiger partial charge in [0.05, 0.1) is 11.1 Å². The number of sulfonamides is 1. The van der Waals surface area contributed by atoms with Crippen LogP contribution in [0, 0.1) is 0 Å². The first-order valence-corrected chi connectivity index (χ1v) is 12.4. The highest BCUT2D eigenvalue weighted by Crippen LogP contribution is 2.27. The second-order valence-corrected chi connectivity index (χ2v) is 10.3. The second kappa shape index (κ2) is 10.5. The molecular formula is C23H29ClN2O4S. The van der Waals surface area contributed by atoms with Crippen molar-refractivity contribution in [2.24, 2.45) is 0 Å². The van der Waals surface area contributed by atoms with Crippen LogP contribution in [-0.2, 0) is 16.6 Å². The van der Waals surface area contributed by atoms with Crippen LogP contribution in [0.4, 0.5) is 0 Å². The van der Waals surface area contributed by atoms with Gasteiger partial charge in [0.1, 0.15) is 10.6 Å². The number of amides is 1. The van der Waals surface area contributed by atoms with Gasteiger partial charge in [-0.2, -0.15) is 4.31 Å². The molecule has 168 valence electrons. The smallest absolute Gasteiger partial charge is 0.251 e. The van der Waals surface area contributed by atoms with E-state index < -0.39 is 10.0 Å². The number of carbonyl (C=O) groups excluding carboxylic acids is 1. The van der Waals surface area contributed by atoms with Crippen molar-refractivity contribution in [2.75, 3.05) is 13.1 Å². The lowest BCUT2D eigenvalue weighted by Crippen LogP contribution is -2.32. The van der Waals surface area contributed by atoms with E-state index in [1.165, 1.54) is 16.4 Å². The number of nitrogens with one attached hydrogen (secondary N) is 1. The van der Waals surface area contributed by atoms with Crippen molar-refractivity contribution in [1.29, 1.82) is 0 Å². The molecule has 0 aromatic heterocycles. The number of halogens is 1. The molecule has 1 saturated heterocycles. The first kappa shape index (κ1) is 23.6. The Kier molecular flexibility index (Phi) is 7.97. The number of carbonyl (C=O) groups is 1. The van der Waals surface area contributed by atoms with Gasteiger partial charge >= 0.3 is 0 Å². The van der Waals surface area contributed by atoms with Crippen LogP contribution in [0.5, 0.6) is 5.75 Å². The fourth-order valence-electron chi connectivity index (χ4n) is 3.51. The Bertz CT molecular complexity index is 999. The standard InChI is InChI=1S/C23H29ClN2O4S/c1-17(2)30-20-10-7-18(8-11-20)16-25-23(27)19-9-12-21(24)22(15-19)31(28,29)26-13-5-3-4-6-14-26/h7-12,15,17H,3-6,13-14,16H2,1-2H3,(H,25,27). The SMILES string of the molecule is CC(C)Oc1ccc(CNC(=O)c2ccc(Cl)c(S(=O)(=O)N3CCCCCC3)c2)cc1. The molecule has 1 amide bonds. The third kappa shape index (κ3) is 6.21. The number of rotatable bonds is 7. The zero-order chi connectivity index (χ0) is 22.4. The first-order valence-electron chi connectivity index (χ1n) is 10.6. The van der Waals surface area contributed by atoms with E-state index in [2.05, 4.69) is 5.32 Å². The predicted octanol–water partition coefficient (Wildman–Crippen LogP) is 4.62. The molecule has 31 heavy (non-hydrogen) atoms. The van der Waals surface area contributed by atoms with E-state index >= 15 is 0 Å². The van der Waals surface area contributed by atoms with Crippen LogP contribution in [0.15, 0.2) is 47.4 Å². The van der Waals surface area contributed by atoms with Crippen molar-refractivity contribution in [3.63, 3.8) is 0 Å². The summed E-state index contributed by atoms with van der Waals surface area (Å²) >= 11 is 6.22. The molecule has 0 spiro atoms. The second-order valence-electron chi connectivity index (χ2n) is 7.96. The van der Waals surface area contributed by atoms with Gasteiger partial charge in [0.2, 0.25) is 10.0 Å². The molecule has 6 nitrogen and oxygen atoms in total. The molecule has 1 aliphatic heterocycles. The van der Waals surface area contributed by atoms with Crippen LogP contribution in [-0.4, -0.2) is 37.8 Å². The van der Waals surface area contributed by atoms with E-state index in [9.17, 15) is 13.2 Å². The van der Waals surface area contributed by atoms with Gasteiger partial charge in [-0.25, -0.2) is 8.42 Å². The largest absolute Gasteiger partial charge is 0.491 e. The number of hydrogen-bond donors (Lipinski definition) is 1. The maximum absolute atomic E-state index is 13.1. The summed E-state index contributed by atoms with van der Waals surface area (Å²) in [5.74, 6) is 0.414. The Morgan fingerprint density at radius 1 is 1.06 bits per heavy atom. The molecule has 1 heterocycles. The van der Waals surface area contributed by atoms with Gasteiger partial charge in [0.15, 0.2) is 0 Å². The Hall–Kier alpha value is -2.09. The topological polar surface area (TPSA) is 75.7 Å². The van der Waals surface area contributed by atoms with Gasteiger partial charge < -0.3 is 10.1 Å². The summed E-state index contributed by atoms with van der Waals surface area (Å²) in [6.45, 7) is 5.19. The van der Waals surface area contributed by atoms with E-state index in [1.54, 1.807) is 6.07 Å². The van der Waals surface area contributed by atoms with Crippen LogP contribution in [0.2, 0.25) is 5.02 Å². The summed E-state index contributed by atoms with van der Waals surface area (Å²) in [4.78, 5) is 12.6. The fourth-order valence-corrected chi connectivity index (χ4v) is 5.52. The minimum atomic E-state index is -3.75. The van der Waals surface area contributed by atoms with E-state index in [0.717, 1.165) is 37.0 Å². The zero-order valence-electron chi connectivity index (χ0n) is 17.9. The van der Waals surface area contributed by atoms with Gasteiger partial charge in [0.25, 0.3) is 5.91 Å².